The summed E-state index contributed by atoms with van der Waals surface area (Å²) in [6.45, 7) is 10.1. The number of fused-ring (bicyclic) bond motifs is 1. The van der Waals surface area contributed by atoms with E-state index >= 15 is 0 Å². The number of amides is 1. The molecule has 1 fully saturated rings. The van der Waals surface area contributed by atoms with Gasteiger partial charge in [-0.1, -0.05) is 13.8 Å². The lowest BCUT2D eigenvalue weighted by Crippen LogP contribution is -2.48. The van der Waals surface area contributed by atoms with E-state index in [0.717, 1.165) is 13.1 Å². The minimum absolute atomic E-state index is 0.164. The van der Waals surface area contributed by atoms with Crippen LogP contribution in [0.25, 0.3) is 10.9 Å². The van der Waals surface area contributed by atoms with E-state index in [-0.39, 0.29) is 24.2 Å². The zero-order valence-corrected chi connectivity index (χ0v) is 19.2. The summed E-state index contributed by atoms with van der Waals surface area (Å²) in [7, 11) is 3.09. The van der Waals surface area contributed by atoms with E-state index in [0.29, 0.717) is 39.9 Å². The van der Waals surface area contributed by atoms with Crippen LogP contribution in [0, 0.1) is 11.8 Å². The molecule has 2 heterocycles. The first-order valence-corrected chi connectivity index (χ1v) is 10.8. The van der Waals surface area contributed by atoms with Crippen LogP contribution in [0.3, 0.4) is 0 Å². The number of H-pyrrole nitrogens is 1. The number of benzene rings is 1. The lowest BCUT2D eigenvalue weighted by molar-refractivity contribution is -0.121. The highest BCUT2D eigenvalue weighted by Crippen LogP contribution is 2.37. The zero-order chi connectivity index (χ0) is 22.7. The third-order valence-corrected chi connectivity index (χ3v) is 5.85. The Morgan fingerprint density at radius 3 is 2.35 bits per heavy atom. The van der Waals surface area contributed by atoms with Crippen LogP contribution in [0.15, 0.2) is 12.1 Å². The van der Waals surface area contributed by atoms with Crippen LogP contribution in [-0.2, 0) is 9.53 Å². The van der Waals surface area contributed by atoms with Crippen LogP contribution in [-0.4, -0.2) is 61.7 Å². The molecule has 8 nitrogen and oxygen atoms in total. The van der Waals surface area contributed by atoms with Gasteiger partial charge < -0.3 is 24.5 Å². The molecule has 8 heteroatoms. The SMILES string of the molecule is CCOC(=O)c1[nH]c2cc(OC)c(OC)cc2c1NC(=O)[C@H](C)N1C[C@@H](C)C[C@H](C)C1. The summed E-state index contributed by atoms with van der Waals surface area (Å²) >= 11 is 0. The Kier molecular flexibility index (Phi) is 7.10. The van der Waals surface area contributed by atoms with Gasteiger partial charge in [0.05, 0.1) is 38.1 Å². The highest BCUT2D eigenvalue weighted by Gasteiger charge is 2.30. The number of piperidine rings is 1. The molecule has 0 spiro atoms. The third-order valence-electron chi connectivity index (χ3n) is 5.85. The van der Waals surface area contributed by atoms with Gasteiger partial charge in [-0.05, 0) is 38.2 Å². The predicted octanol–water partition coefficient (Wildman–Crippen LogP) is 3.67. The monoisotopic (exact) mass is 431 g/mol. The van der Waals surface area contributed by atoms with Crippen molar-refractivity contribution in [3.63, 3.8) is 0 Å². The van der Waals surface area contributed by atoms with Crippen molar-refractivity contribution in [1.29, 1.82) is 0 Å². The summed E-state index contributed by atoms with van der Waals surface area (Å²) in [4.78, 5) is 31.1. The van der Waals surface area contributed by atoms with E-state index in [1.54, 1.807) is 33.3 Å². The lowest BCUT2D eigenvalue weighted by Gasteiger charge is -2.38. The van der Waals surface area contributed by atoms with Gasteiger partial charge >= 0.3 is 5.97 Å². The van der Waals surface area contributed by atoms with Gasteiger partial charge in [-0.25, -0.2) is 4.79 Å². The van der Waals surface area contributed by atoms with E-state index in [4.69, 9.17) is 14.2 Å². The van der Waals surface area contributed by atoms with Crippen molar-refractivity contribution in [1.82, 2.24) is 9.88 Å². The molecule has 1 aliphatic rings. The summed E-state index contributed by atoms with van der Waals surface area (Å²) in [5.41, 5.74) is 1.24. The minimum Gasteiger partial charge on any atom is -0.493 e. The molecule has 0 aliphatic carbocycles. The molecule has 1 saturated heterocycles. The number of likely N-dealkylation sites (tertiary alicyclic amines) is 1. The van der Waals surface area contributed by atoms with Gasteiger partial charge in [0.2, 0.25) is 5.91 Å². The molecule has 1 aromatic carbocycles. The van der Waals surface area contributed by atoms with Gasteiger partial charge in [-0.2, -0.15) is 0 Å². The van der Waals surface area contributed by atoms with Crippen LogP contribution in [0.5, 0.6) is 11.5 Å². The second-order valence-corrected chi connectivity index (χ2v) is 8.41. The van der Waals surface area contributed by atoms with Crippen molar-refractivity contribution < 1.29 is 23.8 Å². The van der Waals surface area contributed by atoms with Crippen molar-refractivity contribution >= 4 is 28.5 Å². The molecule has 3 rings (SSSR count). The first-order valence-electron chi connectivity index (χ1n) is 10.8. The van der Waals surface area contributed by atoms with Crippen molar-refractivity contribution in [3.05, 3.63) is 17.8 Å². The Morgan fingerprint density at radius 1 is 1.16 bits per heavy atom. The molecule has 1 amide bonds. The molecule has 0 radical (unpaired) electrons. The largest absolute Gasteiger partial charge is 0.493 e. The summed E-state index contributed by atoms with van der Waals surface area (Å²) in [6.07, 6.45) is 1.17. The van der Waals surface area contributed by atoms with Crippen molar-refractivity contribution in [2.45, 2.75) is 40.2 Å². The molecular formula is C23H33N3O5. The Bertz CT molecular complexity index is 944. The van der Waals surface area contributed by atoms with Crippen molar-refractivity contribution in [2.75, 3.05) is 39.2 Å². The molecule has 1 aromatic heterocycles. The standard InChI is InChI=1S/C23H33N3O5/c1-7-31-23(28)21-20(16-9-18(29-5)19(30-6)10-17(16)24-21)25-22(27)15(4)26-11-13(2)8-14(3)12-26/h9-10,13-15,24H,7-8,11-12H2,1-6H3,(H,25,27)/t13-,14-,15-/m0/s1. The first-order chi connectivity index (χ1) is 14.8. The first kappa shape index (κ1) is 22.9. The van der Waals surface area contributed by atoms with E-state index in [2.05, 4.69) is 29.0 Å². The van der Waals surface area contributed by atoms with Gasteiger partial charge in [0.1, 0.15) is 5.69 Å². The fourth-order valence-corrected chi connectivity index (χ4v) is 4.43. The Balaban J connectivity index is 1.97. The number of anilines is 1. The Labute approximate surface area is 183 Å². The van der Waals surface area contributed by atoms with Gasteiger partial charge in [0.25, 0.3) is 0 Å². The molecule has 3 atom stereocenters. The molecule has 2 aromatic rings. The van der Waals surface area contributed by atoms with Gasteiger partial charge in [-0.15, -0.1) is 0 Å². The van der Waals surface area contributed by atoms with E-state index in [1.165, 1.54) is 6.42 Å². The number of methoxy groups -OCH3 is 2. The maximum atomic E-state index is 13.2. The number of nitrogens with zero attached hydrogens (tertiary/aromatic N) is 1. The zero-order valence-electron chi connectivity index (χ0n) is 19.2. The molecular weight excluding hydrogens is 398 g/mol. The second-order valence-electron chi connectivity index (χ2n) is 8.41. The van der Waals surface area contributed by atoms with Crippen molar-refractivity contribution in [3.8, 4) is 11.5 Å². The predicted molar refractivity (Wildman–Crippen MR) is 120 cm³/mol. The summed E-state index contributed by atoms with van der Waals surface area (Å²) in [5, 5.41) is 3.63. The second kappa shape index (κ2) is 9.60. The lowest BCUT2D eigenvalue weighted by atomic mass is 9.91. The number of hydrogen-bond acceptors (Lipinski definition) is 6. The molecule has 0 unspecified atom stereocenters. The molecule has 0 saturated carbocycles. The molecule has 1 aliphatic heterocycles. The van der Waals surface area contributed by atoms with Gasteiger partial charge in [0, 0.05) is 24.5 Å². The number of carbonyl (C=O) groups excluding carboxylic acids is 2. The minimum atomic E-state index is -0.528. The maximum absolute atomic E-state index is 13.2. The number of aromatic nitrogens is 1. The molecule has 2 N–H and O–H groups in total. The smallest absolute Gasteiger partial charge is 0.356 e. The average molecular weight is 432 g/mol. The van der Waals surface area contributed by atoms with E-state index in [1.807, 2.05) is 6.92 Å². The highest BCUT2D eigenvalue weighted by molar-refractivity contribution is 6.12. The number of ether oxygens (including phenoxy) is 3. The number of carbonyl (C=O) groups is 2. The topological polar surface area (TPSA) is 92.9 Å². The highest BCUT2D eigenvalue weighted by atomic mass is 16.5. The summed E-state index contributed by atoms with van der Waals surface area (Å²) in [6, 6.07) is 3.16. The number of nitrogens with one attached hydrogen (secondary N) is 2. The maximum Gasteiger partial charge on any atom is 0.356 e. The van der Waals surface area contributed by atoms with Crippen molar-refractivity contribution in [2.24, 2.45) is 11.8 Å². The fraction of sp³-hybridized carbons (Fsp3) is 0.565. The normalized spacial score (nSPS) is 20.3. The molecule has 170 valence electrons. The average Bonchev–Trinajstić information content (AvgIpc) is 3.08. The van der Waals surface area contributed by atoms with Crippen LogP contribution in [0.1, 0.15) is 44.6 Å². The number of aromatic amines is 1. The Hall–Kier alpha value is -2.74. The number of hydrogen-bond donors (Lipinski definition) is 2. The van der Waals surface area contributed by atoms with Crippen LogP contribution < -0.4 is 14.8 Å². The summed E-state index contributed by atoms with van der Waals surface area (Å²) < 4.78 is 16.0. The number of rotatable bonds is 7. The van der Waals surface area contributed by atoms with Gasteiger partial charge in [0.15, 0.2) is 11.5 Å². The van der Waals surface area contributed by atoms with Crippen LogP contribution in [0.4, 0.5) is 5.69 Å². The number of esters is 1. The van der Waals surface area contributed by atoms with Gasteiger partial charge in [-0.3, -0.25) is 9.69 Å². The van der Waals surface area contributed by atoms with E-state index in [9.17, 15) is 9.59 Å². The molecule has 31 heavy (non-hydrogen) atoms. The quantitative estimate of drug-likeness (QED) is 0.650. The fourth-order valence-electron chi connectivity index (χ4n) is 4.43. The van der Waals surface area contributed by atoms with Crippen LogP contribution >= 0.6 is 0 Å². The summed E-state index contributed by atoms with van der Waals surface area (Å²) in [5.74, 6) is 1.42. The molecule has 0 bridgehead atoms. The Morgan fingerprint density at radius 2 is 1.77 bits per heavy atom. The third kappa shape index (κ3) is 4.79. The van der Waals surface area contributed by atoms with E-state index < -0.39 is 5.97 Å². The van der Waals surface area contributed by atoms with Crippen LogP contribution in [0.2, 0.25) is 0 Å².